The highest BCUT2D eigenvalue weighted by molar-refractivity contribution is 8.26. The second kappa shape index (κ2) is 9.77. The average Bonchev–Trinajstić information content (AvgIpc) is 2.96. The molecule has 3 rings (SSSR count). The van der Waals surface area contributed by atoms with Crippen LogP contribution >= 0.6 is 24.0 Å². The summed E-state index contributed by atoms with van der Waals surface area (Å²) in [5.41, 5.74) is 2.61. The zero-order valence-electron chi connectivity index (χ0n) is 16.9. The van der Waals surface area contributed by atoms with Crippen LogP contribution in [0, 0.1) is 6.92 Å². The molecule has 1 heterocycles. The van der Waals surface area contributed by atoms with Crippen LogP contribution in [0.4, 0.5) is 5.69 Å². The van der Waals surface area contributed by atoms with Crippen molar-refractivity contribution in [1.29, 1.82) is 0 Å². The summed E-state index contributed by atoms with van der Waals surface area (Å²) in [4.78, 5) is 26.4. The van der Waals surface area contributed by atoms with Crippen LogP contribution in [0.25, 0.3) is 6.08 Å². The van der Waals surface area contributed by atoms with Crippen molar-refractivity contribution >= 4 is 51.9 Å². The number of amides is 2. The normalized spacial score (nSPS) is 14.9. The first-order chi connectivity index (χ1) is 14.4. The van der Waals surface area contributed by atoms with Crippen LogP contribution < -0.4 is 14.8 Å². The van der Waals surface area contributed by atoms with Gasteiger partial charge in [-0.2, -0.15) is 0 Å². The van der Waals surface area contributed by atoms with Crippen molar-refractivity contribution in [3.8, 4) is 11.5 Å². The van der Waals surface area contributed by atoms with E-state index in [2.05, 4.69) is 5.32 Å². The topological polar surface area (TPSA) is 67.9 Å². The molecule has 1 fully saturated rings. The maximum atomic E-state index is 12.2. The van der Waals surface area contributed by atoms with Crippen molar-refractivity contribution in [1.82, 2.24) is 4.90 Å². The lowest BCUT2D eigenvalue weighted by Gasteiger charge is -2.13. The molecule has 0 spiro atoms. The van der Waals surface area contributed by atoms with Crippen molar-refractivity contribution in [3.05, 3.63) is 58.5 Å². The molecule has 0 unspecified atom stereocenters. The van der Waals surface area contributed by atoms with Gasteiger partial charge >= 0.3 is 0 Å². The molecular formula is C22H22N2O4S2. The number of ether oxygens (including phenoxy) is 2. The Kier molecular flexibility index (Phi) is 7.12. The van der Waals surface area contributed by atoms with E-state index in [4.69, 9.17) is 21.7 Å². The highest BCUT2D eigenvalue weighted by atomic mass is 32.2. The monoisotopic (exact) mass is 442 g/mol. The van der Waals surface area contributed by atoms with E-state index in [1.165, 1.54) is 16.7 Å². The van der Waals surface area contributed by atoms with Gasteiger partial charge in [-0.3, -0.25) is 14.5 Å². The molecule has 1 N–H and O–H groups in total. The number of thioether (sulfide) groups is 1. The van der Waals surface area contributed by atoms with Crippen LogP contribution in [0.1, 0.15) is 18.1 Å². The van der Waals surface area contributed by atoms with Crippen molar-refractivity contribution in [2.45, 2.75) is 13.8 Å². The van der Waals surface area contributed by atoms with Crippen LogP contribution in [0.3, 0.4) is 0 Å². The van der Waals surface area contributed by atoms with Crippen LogP contribution in [0.15, 0.2) is 47.4 Å². The lowest BCUT2D eigenvalue weighted by Crippen LogP contribution is -2.22. The Morgan fingerprint density at radius 1 is 1.17 bits per heavy atom. The number of carbonyl (C=O) groups excluding carboxylic acids is 2. The number of nitrogens with zero attached hydrogens (tertiary/aromatic N) is 1. The minimum absolute atomic E-state index is 0.129. The predicted octanol–water partition coefficient (Wildman–Crippen LogP) is 4.24. The quantitative estimate of drug-likeness (QED) is 0.511. The van der Waals surface area contributed by atoms with Gasteiger partial charge in [-0.15, -0.1) is 0 Å². The third-order valence-corrected chi connectivity index (χ3v) is 5.73. The summed E-state index contributed by atoms with van der Waals surface area (Å²) < 4.78 is 11.9. The van der Waals surface area contributed by atoms with E-state index in [9.17, 15) is 9.59 Å². The smallest absolute Gasteiger partial charge is 0.265 e. The maximum Gasteiger partial charge on any atom is 0.265 e. The molecule has 0 bridgehead atoms. The minimum atomic E-state index is -0.267. The largest absolute Gasteiger partial charge is 0.490 e. The third-order valence-electron chi connectivity index (χ3n) is 4.25. The minimum Gasteiger partial charge on any atom is -0.490 e. The summed E-state index contributed by atoms with van der Waals surface area (Å²) >= 11 is 6.42. The molecule has 1 saturated heterocycles. The second-order valence-corrected chi connectivity index (χ2v) is 8.26. The van der Waals surface area contributed by atoms with Gasteiger partial charge in [0, 0.05) is 12.7 Å². The fourth-order valence-corrected chi connectivity index (χ4v) is 3.86. The molecule has 2 amide bonds. The van der Waals surface area contributed by atoms with Crippen LogP contribution in [0.5, 0.6) is 11.5 Å². The number of hydrogen-bond acceptors (Lipinski definition) is 6. The van der Waals surface area contributed by atoms with E-state index in [0.717, 1.165) is 11.1 Å². The number of carbonyl (C=O) groups is 2. The first-order valence-corrected chi connectivity index (χ1v) is 10.6. The molecule has 0 radical (unpaired) electrons. The standard InChI is InChI=1S/C22H22N2O4S2/c1-4-27-18-11-15(12-19-21(26)24(3)22(29)30-19)7-10-17(18)28-13-20(25)23-16-8-5-14(2)6-9-16/h5-12H,4,13H2,1-3H3,(H,23,25)/b19-12+. The van der Waals surface area contributed by atoms with E-state index >= 15 is 0 Å². The summed E-state index contributed by atoms with van der Waals surface area (Å²) in [6.45, 7) is 4.13. The SMILES string of the molecule is CCOc1cc(/C=C2/SC(=S)N(C)C2=O)ccc1OCC(=O)Nc1ccc(C)cc1. The van der Waals surface area contributed by atoms with Gasteiger partial charge in [-0.1, -0.05) is 47.7 Å². The van der Waals surface area contributed by atoms with Crippen LogP contribution in [-0.2, 0) is 9.59 Å². The van der Waals surface area contributed by atoms with Crippen LogP contribution in [-0.4, -0.2) is 41.3 Å². The van der Waals surface area contributed by atoms with Gasteiger partial charge in [0.1, 0.15) is 4.32 Å². The summed E-state index contributed by atoms with van der Waals surface area (Å²) in [5, 5.41) is 2.79. The van der Waals surface area contributed by atoms with Gasteiger partial charge in [0.25, 0.3) is 11.8 Å². The Hall–Kier alpha value is -2.84. The molecule has 8 heteroatoms. The number of likely N-dealkylation sites (N-methyl/N-ethyl adjacent to an activating group) is 1. The number of rotatable bonds is 7. The molecule has 0 aromatic heterocycles. The number of hydrogen-bond donors (Lipinski definition) is 1. The fourth-order valence-electron chi connectivity index (χ4n) is 2.68. The van der Waals surface area contributed by atoms with E-state index in [1.807, 2.05) is 38.1 Å². The summed E-state index contributed by atoms with van der Waals surface area (Å²) in [6.07, 6.45) is 1.76. The Labute approximate surface area is 185 Å². The molecule has 0 atom stereocenters. The summed E-state index contributed by atoms with van der Waals surface area (Å²) in [7, 11) is 1.66. The predicted molar refractivity (Wildman–Crippen MR) is 124 cm³/mol. The highest BCUT2D eigenvalue weighted by Gasteiger charge is 2.28. The Morgan fingerprint density at radius 3 is 2.53 bits per heavy atom. The van der Waals surface area contributed by atoms with E-state index in [-0.39, 0.29) is 18.4 Å². The van der Waals surface area contributed by atoms with Gasteiger partial charge < -0.3 is 14.8 Å². The third kappa shape index (κ3) is 5.40. The molecule has 2 aromatic carbocycles. The zero-order chi connectivity index (χ0) is 21.7. The van der Waals surface area contributed by atoms with E-state index in [0.29, 0.717) is 33.0 Å². The number of nitrogens with one attached hydrogen (secondary N) is 1. The van der Waals surface area contributed by atoms with E-state index in [1.54, 1.807) is 31.3 Å². The first kappa shape index (κ1) is 21.9. The van der Waals surface area contributed by atoms with Crippen LogP contribution in [0.2, 0.25) is 0 Å². The molecule has 1 aliphatic heterocycles. The molecular weight excluding hydrogens is 420 g/mol. The molecule has 30 heavy (non-hydrogen) atoms. The Morgan fingerprint density at radius 2 is 1.90 bits per heavy atom. The second-order valence-electron chi connectivity index (χ2n) is 6.58. The van der Waals surface area contributed by atoms with Gasteiger partial charge in [-0.25, -0.2) is 0 Å². The molecule has 156 valence electrons. The molecule has 0 aliphatic carbocycles. The van der Waals surface area contributed by atoms with Gasteiger partial charge in [0.05, 0.1) is 11.5 Å². The molecule has 2 aromatic rings. The van der Waals surface area contributed by atoms with Crippen molar-refractivity contribution in [2.24, 2.45) is 0 Å². The van der Waals surface area contributed by atoms with Crippen molar-refractivity contribution in [3.63, 3.8) is 0 Å². The number of anilines is 1. The molecule has 0 saturated carbocycles. The summed E-state index contributed by atoms with van der Waals surface area (Å²) in [5.74, 6) is 0.561. The van der Waals surface area contributed by atoms with Crippen molar-refractivity contribution in [2.75, 3.05) is 25.6 Å². The summed E-state index contributed by atoms with van der Waals surface area (Å²) in [6, 6.07) is 12.8. The Balaban J connectivity index is 1.69. The number of benzene rings is 2. The zero-order valence-corrected chi connectivity index (χ0v) is 18.6. The van der Waals surface area contributed by atoms with E-state index < -0.39 is 0 Å². The molecule has 6 nitrogen and oxygen atoms in total. The maximum absolute atomic E-state index is 12.2. The first-order valence-electron chi connectivity index (χ1n) is 9.35. The van der Waals surface area contributed by atoms with Gasteiger partial charge in [0.2, 0.25) is 0 Å². The molecule has 1 aliphatic rings. The van der Waals surface area contributed by atoms with Gasteiger partial charge in [-0.05, 0) is 49.8 Å². The highest BCUT2D eigenvalue weighted by Crippen LogP contribution is 2.34. The lowest BCUT2D eigenvalue weighted by molar-refractivity contribution is -0.121. The van der Waals surface area contributed by atoms with Gasteiger partial charge in [0.15, 0.2) is 18.1 Å². The number of aryl methyl sites for hydroxylation is 1. The fraction of sp³-hybridized carbons (Fsp3) is 0.227. The number of thiocarbonyl (C=S) groups is 1. The van der Waals surface area contributed by atoms with Crippen molar-refractivity contribution < 1.29 is 19.1 Å². The average molecular weight is 443 g/mol. The lowest BCUT2D eigenvalue weighted by atomic mass is 10.2. The Bertz CT molecular complexity index is 1000.